The second-order valence-electron chi connectivity index (χ2n) is 6.30. The molecule has 2 fully saturated rings. The van der Waals surface area contributed by atoms with Crippen molar-refractivity contribution in [2.75, 3.05) is 18.0 Å². The summed E-state index contributed by atoms with van der Waals surface area (Å²) in [7, 11) is 0. The third-order valence-corrected chi connectivity index (χ3v) is 4.98. The van der Waals surface area contributed by atoms with E-state index in [0.717, 1.165) is 35.6 Å². The van der Waals surface area contributed by atoms with Crippen molar-refractivity contribution in [2.45, 2.75) is 24.9 Å². The normalized spacial score (nSPS) is 23.6. The highest BCUT2D eigenvalue weighted by atomic mass is 15.3. The number of para-hydroxylation sites is 1. The summed E-state index contributed by atoms with van der Waals surface area (Å²) in [5.41, 5.74) is 1.89. The molecule has 23 heavy (non-hydrogen) atoms. The topological polar surface area (TPSA) is 58.9 Å². The molecule has 6 nitrogen and oxygen atoms in total. The van der Waals surface area contributed by atoms with Gasteiger partial charge in [-0.05, 0) is 25.0 Å². The second-order valence-corrected chi connectivity index (χ2v) is 6.30. The van der Waals surface area contributed by atoms with Crippen molar-refractivity contribution in [1.29, 1.82) is 0 Å². The van der Waals surface area contributed by atoms with Crippen molar-refractivity contribution in [3.8, 4) is 5.69 Å². The van der Waals surface area contributed by atoms with Gasteiger partial charge in [0.15, 0.2) is 5.65 Å². The Labute approximate surface area is 134 Å². The lowest BCUT2D eigenvalue weighted by atomic mass is 10.0. The Hall–Kier alpha value is -2.47. The standard InChI is InChI=1S/C17H18N6/c1-2-4-13(5-3-1)23-17-15(10-21-23)16(19-11-20-17)22-7-6-12-8-14(22)9-18-12/h1-5,10-12,14,18H,6-9H2. The van der Waals surface area contributed by atoms with Gasteiger partial charge in [-0.25, -0.2) is 14.6 Å². The number of aromatic nitrogens is 4. The Morgan fingerprint density at radius 3 is 2.96 bits per heavy atom. The molecule has 4 heterocycles. The van der Waals surface area contributed by atoms with Crippen molar-refractivity contribution >= 4 is 16.9 Å². The molecule has 2 aromatic heterocycles. The van der Waals surface area contributed by atoms with Crippen LogP contribution < -0.4 is 10.2 Å². The van der Waals surface area contributed by atoms with Gasteiger partial charge in [0.05, 0.1) is 17.3 Å². The maximum absolute atomic E-state index is 4.59. The lowest BCUT2D eigenvalue weighted by Gasteiger charge is -2.33. The fourth-order valence-corrected chi connectivity index (χ4v) is 3.83. The van der Waals surface area contributed by atoms with E-state index in [9.17, 15) is 0 Å². The van der Waals surface area contributed by atoms with E-state index in [1.807, 2.05) is 41.2 Å². The summed E-state index contributed by atoms with van der Waals surface area (Å²) < 4.78 is 1.89. The predicted octanol–water partition coefficient (Wildman–Crippen LogP) is 1.76. The van der Waals surface area contributed by atoms with E-state index in [0.29, 0.717) is 12.1 Å². The van der Waals surface area contributed by atoms with Gasteiger partial charge in [-0.1, -0.05) is 18.2 Å². The van der Waals surface area contributed by atoms with Crippen molar-refractivity contribution in [3.63, 3.8) is 0 Å². The lowest BCUT2D eigenvalue weighted by molar-refractivity contribution is 0.488. The SMILES string of the molecule is c1ccc(-n2ncc3c(N4CCC5CC4CN5)ncnc32)cc1. The molecule has 0 spiro atoms. The van der Waals surface area contributed by atoms with E-state index in [1.165, 1.54) is 12.8 Å². The Kier molecular flexibility index (Phi) is 2.84. The van der Waals surface area contributed by atoms with E-state index in [4.69, 9.17) is 0 Å². The Morgan fingerprint density at radius 2 is 2.04 bits per heavy atom. The van der Waals surface area contributed by atoms with E-state index in [-0.39, 0.29) is 0 Å². The van der Waals surface area contributed by atoms with Crippen LogP contribution >= 0.6 is 0 Å². The first-order valence-corrected chi connectivity index (χ1v) is 8.14. The molecule has 3 aromatic rings. The van der Waals surface area contributed by atoms with Crippen molar-refractivity contribution in [3.05, 3.63) is 42.9 Å². The molecule has 2 aliphatic rings. The minimum atomic E-state index is 0.534. The summed E-state index contributed by atoms with van der Waals surface area (Å²) in [4.78, 5) is 11.5. The van der Waals surface area contributed by atoms with Crippen molar-refractivity contribution < 1.29 is 0 Å². The molecule has 2 aliphatic heterocycles. The van der Waals surface area contributed by atoms with E-state index in [2.05, 4.69) is 25.3 Å². The molecule has 2 bridgehead atoms. The second kappa shape index (κ2) is 5.03. The first-order chi connectivity index (χ1) is 11.4. The molecule has 2 atom stereocenters. The smallest absolute Gasteiger partial charge is 0.168 e. The molecular weight excluding hydrogens is 288 g/mol. The number of anilines is 1. The van der Waals surface area contributed by atoms with Crippen LogP contribution in [0.25, 0.3) is 16.7 Å². The quantitative estimate of drug-likeness (QED) is 0.782. The number of nitrogens with zero attached hydrogens (tertiary/aromatic N) is 5. The van der Waals surface area contributed by atoms with Gasteiger partial charge in [0.1, 0.15) is 12.1 Å². The van der Waals surface area contributed by atoms with Crippen LogP contribution in [0.15, 0.2) is 42.9 Å². The summed E-state index contributed by atoms with van der Waals surface area (Å²) in [6, 6.07) is 11.3. The highest BCUT2D eigenvalue weighted by Crippen LogP contribution is 2.31. The number of piperidine rings is 1. The largest absolute Gasteiger partial charge is 0.352 e. The summed E-state index contributed by atoms with van der Waals surface area (Å²) in [5, 5.41) is 9.18. The van der Waals surface area contributed by atoms with Crippen LogP contribution in [0.5, 0.6) is 0 Å². The lowest BCUT2D eigenvalue weighted by Crippen LogP contribution is -2.41. The molecule has 1 N–H and O–H groups in total. The zero-order chi connectivity index (χ0) is 15.2. The monoisotopic (exact) mass is 306 g/mol. The number of hydrogen-bond donors (Lipinski definition) is 1. The Balaban J connectivity index is 1.62. The van der Waals surface area contributed by atoms with Gasteiger partial charge in [0.2, 0.25) is 0 Å². The maximum atomic E-state index is 4.59. The van der Waals surface area contributed by atoms with E-state index >= 15 is 0 Å². The van der Waals surface area contributed by atoms with Crippen LogP contribution in [0.4, 0.5) is 5.82 Å². The first-order valence-electron chi connectivity index (χ1n) is 8.14. The van der Waals surface area contributed by atoms with Gasteiger partial charge < -0.3 is 10.2 Å². The van der Waals surface area contributed by atoms with Crippen LogP contribution in [-0.2, 0) is 0 Å². The molecule has 0 amide bonds. The fourth-order valence-electron chi connectivity index (χ4n) is 3.83. The Morgan fingerprint density at radius 1 is 1.13 bits per heavy atom. The zero-order valence-electron chi connectivity index (χ0n) is 12.8. The number of nitrogens with one attached hydrogen (secondary N) is 1. The molecular formula is C17H18N6. The molecule has 2 saturated heterocycles. The van der Waals surface area contributed by atoms with Gasteiger partial charge in [-0.3, -0.25) is 0 Å². The highest BCUT2D eigenvalue weighted by Gasteiger charge is 2.35. The highest BCUT2D eigenvalue weighted by molar-refractivity contribution is 5.87. The van der Waals surface area contributed by atoms with E-state index in [1.54, 1.807) is 6.33 Å². The molecule has 116 valence electrons. The number of hydrogen-bond acceptors (Lipinski definition) is 5. The third-order valence-electron chi connectivity index (χ3n) is 4.98. The van der Waals surface area contributed by atoms with Gasteiger partial charge in [-0.15, -0.1) is 0 Å². The molecule has 0 radical (unpaired) electrons. The van der Waals surface area contributed by atoms with Crippen molar-refractivity contribution in [1.82, 2.24) is 25.1 Å². The zero-order valence-corrected chi connectivity index (χ0v) is 12.8. The summed E-state index contributed by atoms with van der Waals surface area (Å²) in [5.74, 6) is 1.02. The van der Waals surface area contributed by atoms with Crippen LogP contribution in [0.1, 0.15) is 12.8 Å². The maximum Gasteiger partial charge on any atom is 0.168 e. The van der Waals surface area contributed by atoms with E-state index < -0.39 is 0 Å². The van der Waals surface area contributed by atoms with Crippen molar-refractivity contribution in [2.24, 2.45) is 0 Å². The summed E-state index contributed by atoms with van der Waals surface area (Å²) in [6.07, 6.45) is 5.94. The minimum absolute atomic E-state index is 0.534. The van der Waals surface area contributed by atoms with Gasteiger partial charge in [0.25, 0.3) is 0 Å². The number of benzene rings is 1. The van der Waals surface area contributed by atoms with Gasteiger partial charge >= 0.3 is 0 Å². The average molecular weight is 306 g/mol. The van der Waals surface area contributed by atoms with Crippen LogP contribution in [-0.4, -0.2) is 44.9 Å². The van der Waals surface area contributed by atoms with Gasteiger partial charge in [0, 0.05) is 25.2 Å². The minimum Gasteiger partial charge on any atom is -0.352 e. The van der Waals surface area contributed by atoms with Gasteiger partial charge in [-0.2, -0.15) is 5.10 Å². The molecule has 2 unspecified atom stereocenters. The molecule has 0 aliphatic carbocycles. The van der Waals surface area contributed by atoms with Crippen LogP contribution in [0.2, 0.25) is 0 Å². The first kappa shape index (κ1) is 13.0. The molecule has 0 saturated carbocycles. The molecule has 6 heteroatoms. The third kappa shape index (κ3) is 2.02. The fraction of sp³-hybridized carbons (Fsp3) is 0.353. The number of fused-ring (bicyclic) bond motifs is 3. The Bertz CT molecular complexity index is 843. The predicted molar refractivity (Wildman–Crippen MR) is 88.8 cm³/mol. The van der Waals surface area contributed by atoms with Crippen LogP contribution in [0, 0.1) is 0 Å². The number of rotatable bonds is 2. The summed E-state index contributed by atoms with van der Waals surface area (Å²) >= 11 is 0. The molecule has 1 aromatic carbocycles. The molecule has 5 rings (SSSR count). The van der Waals surface area contributed by atoms with Crippen LogP contribution in [0.3, 0.4) is 0 Å². The average Bonchev–Trinajstić information content (AvgIpc) is 3.20. The summed E-state index contributed by atoms with van der Waals surface area (Å²) in [6.45, 7) is 2.09.